The average Bonchev–Trinajstić information content (AvgIpc) is 3.02. The van der Waals surface area contributed by atoms with Gasteiger partial charge in [0.15, 0.2) is 0 Å². The van der Waals surface area contributed by atoms with Crippen LogP contribution in [0.1, 0.15) is 47.1 Å². The van der Waals surface area contributed by atoms with Gasteiger partial charge < -0.3 is 9.47 Å². The van der Waals surface area contributed by atoms with Crippen LogP contribution < -0.4 is 5.32 Å². The molecule has 0 aliphatic heterocycles. The Bertz CT molecular complexity index is 1030. The van der Waals surface area contributed by atoms with E-state index in [-0.39, 0.29) is 5.95 Å². The molecule has 0 saturated heterocycles. The number of imidazole rings is 1. The predicted molar refractivity (Wildman–Crippen MR) is 125 cm³/mol. The molecule has 2 rings (SSSR count). The zero-order valence-corrected chi connectivity index (χ0v) is 20.1. The molecule has 32 heavy (non-hydrogen) atoms. The van der Waals surface area contributed by atoms with E-state index in [9.17, 15) is 9.59 Å². The highest BCUT2D eigenvalue weighted by Crippen LogP contribution is 2.26. The van der Waals surface area contributed by atoms with E-state index in [1.807, 2.05) is 43.3 Å². The van der Waals surface area contributed by atoms with Crippen LogP contribution in [0.2, 0.25) is 0 Å². The second kappa shape index (κ2) is 9.88. The Kier molecular flexibility index (Phi) is 7.70. The van der Waals surface area contributed by atoms with Crippen LogP contribution >= 0.6 is 0 Å². The number of anilines is 1. The number of carbonyl (C=O) groups is 2. The van der Waals surface area contributed by atoms with E-state index in [4.69, 9.17) is 9.47 Å². The number of nitrogens with one attached hydrogen (secondary N) is 1. The Morgan fingerprint density at radius 2 is 1.75 bits per heavy atom. The van der Waals surface area contributed by atoms with Gasteiger partial charge in [-0.2, -0.15) is 0 Å². The molecule has 172 valence electrons. The lowest BCUT2D eigenvalue weighted by Crippen LogP contribution is -2.31. The SMILES string of the molecule is CN(C)CC#Cc1cccc(-c2cnc(NC(=O)OC(C)(C)C)n2C(=O)OC(C)(C)C)c1. The largest absolute Gasteiger partial charge is 0.444 e. The molecule has 0 saturated carbocycles. The highest BCUT2D eigenvalue weighted by atomic mass is 16.6. The fraction of sp³-hybridized carbons (Fsp3) is 0.458. The van der Waals surface area contributed by atoms with Crippen molar-refractivity contribution >= 4 is 18.1 Å². The zero-order valence-electron chi connectivity index (χ0n) is 20.1. The molecule has 1 heterocycles. The van der Waals surface area contributed by atoms with Gasteiger partial charge in [0.25, 0.3) is 0 Å². The first kappa shape index (κ1) is 25.0. The Morgan fingerprint density at radius 3 is 2.34 bits per heavy atom. The first-order valence-electron chi connectivity index (χ1n) is 10.3. The molecular weight excluding hydrogens is 408 g/mol. The molecule has 8 nitrogen and oxygen atoms in total. The van der Waals surface area contributed by atoms with Crippen LogP contribution in [0.5, 0.6) is 0 Å². The summed E-state index contributed by atoms with van der Waals surface area (Å²) in [7, 11) is 3.90. The summed E-state index contributed by atoms with van der Waals surface area (Å²) in [6.07, 6.45) is 0.117. The minimum absolute atomic E-state index is 0.00703. The molecule has 0 spiro atoms. The van der Waals surface area contributed by atoms with Gasteiger partial charge >= 0.3 is 12.2 Å². The van der Waals surface area contributed by atoms with E-state index in [2.05, 4.69) is 22.1 Å². The topological polar surface area (TPSA) is 85.7 Å². The quantitative estimate of drug-likeness (QED) is 0.703. The van der Waals surface area contributed by atoms with Gasteiger partial charge in [0.05, 0.1) is 18.4 Å². The highest BCUT2D eigenvalue weighted by Gasteiger charge is 2.26. The summed E-state index contributed by atoms with van der Waals surface area (Å²) >= 11 is 0. The number of rotatable bonds is 3. The average molecular weight is 441 g/mol. The number of aromatic nitrogens is 2. The second-order valence-corrected chi connectivity index (χ2v) is 9.53. The van der Waals surface area contributed by atoms with Crippen LogP contribution in [0.3, 0.4) is 0 Å². The van der Waals surface area contributed by atoms with Crippen LogP contribution in [0.15, 0.2) is 30.5 Å². The van der Waals surface area contributed by atoms with Crippen molar-refractivity contribution in [1.82, 2.24) is 14.5 Å². The number of nitrogens with zero attached hydrogens (tertiary/aromatic N) is 3. The van der Waals surface area contributed by atoms with E-state index < -0.39 is 23.4 Å². The Labute approximate surface area is 189 Å². The molecule has 0 radical (unpaired) electrons. The van der Waals surface area contributed by atoms with Crippen molar-refractivity contribution in [2.75, 3.05) is 26.0 Å². The zero-order chi connectivity index (χ0) is 24.1. The summed E-state index contributed by atoms with van der Waals surface area (Å²) in [4.78, 5) is 31.5. The second-order valence-electron chi connectivity index (χ2n) is 9.53. The molecule has 1 aromatic heterocycles. The van der Waals surface area contributed by atoms with Crippen molar-refractivity contribution in [3.8, 4) is 23.1 Å². The van der Waals surface area contributed by atoms with Crippen molar-refractivity contribution in [3.63, 3.8) is 0 Å². The first-order valence-corrected chi connectivity index (χ1v) is 10.3. The summed E-state index contributed by atoms with van der Waals surface area (Å²) in [5.74, 6) is 6.21. The van der Waals surface area contributed by atoms with Gasteiger partial charge in [0.2, 0.25) is 5.95 Å². The maximum Gasteiger partial charge on any atom is 0.421 e. The molecule has 2 aromatic rings. The first-order chi connectivity index (χ1) is 14.7. The van der Waals surface area contributed by atoms with E-state index in [0.29, 0.717) is 17.8 Å². The number of ether oxygens (including phenoxy) is 2. The standard InChI is InChI=1S/C24H32N4O4/c1-23(2,3)31-21(29)26-20-25-16-19(28(20)22(30)32-24(4,5)6)18-13-9-11-17(15-18)12-10-14-27(7)8/h9,11,13,15-16H,14H2,1-8H3,(H,25,26,29). The summed E-state index contributed by atoms with van der Waals surface area (Å²) in [5, 5.41) is 2.54. The van der Waals surface area contributed by atoms with Crippen molar-refractivity contribution in [1.29, 1.82) is 0 Å². The van der Waals surface area contributed by atoms with Crippen molar-refractivity contribution in [3.05, 3.63) is 36.0 Å². The van der Waals surface area contributed by atoms with Gasteiger partial charge in [-0.1, -0.05) is 24.0 Å². The van der Waals surface area contributed by atoms with Gasteiger partial charge in [-0.15, -0.1) is 0 Å². The smallest absolute Gasteiger partial charge is 0.421 e. The number of amides is 1. The molecule has 0 aliphatic rings. The molecule has 0 unspecified atom stereocenters. The summed E-state index contributed by atoms with van der Waals surface area (Å²) in [6, 6.07) is 7.44. The molecule has 0 aliphatic carbocycles. The summed E-state index contributed by atoms with van der Waals surface area (Å²) in [5.41, 5.74) is 0.527. The van der Waals surface area contributed by atoms with Crippen molar-refractivity contribution in [2.45, 2.75) is 52.7 Å². The Morgan fingerprint density at radius 1 is 1.09 bits per heavy atom. The van der Waals surface area contributed by atoms with Crippen LogP contribution in [-0.2, 0) is 9.47 Å². The van der Waals surface area contributed by atoms with Crippen LogP contribution in [-0.4, -0.2) is 58.5 Å². The molecule has 1 amide bonds. The monoisotopic (exact) mass is 440 g/mol. The Hall–Kier alpha value is -3.31. The van der Waals surface area contributed by atoms with Crippen molar-refractivity contribution < 1.29 is 19.1 Å². The maximum absolute atomic E-state index is 13.0. The minimum Gasteiger partial charge on any atom is -0.444 e. The number of carbonyl (C=O) groups excluding carboxylic acids is 2. The van der Waals surface area contributed by atoms with Gasteiger partial charge in [-0.25, -0.2) is 19.1 Å². The fourth-order valence-corrected chi connectivity index (χ4v) is 2.59. The third-order valence-corrected chi connectivity index (χ3v) is 3.74. The van der Waals surface area contributed by atoms with E-state index in [1.54, 1.807) is 41.5 Å². The predicted octanol–water partition coefficient (Wildman–Crippen LogP) is 4.59. The lowest BCUT2D eigenvalue weighted by atomic mass is 10.1. The lowest BCUT2D eigenvalue weighted by molar-refractivity contribution is 0.0542. The molecule has 1 aromatic carbocycles. The van der Waals surface area contributed by atoms with E-state index >= 15 is 0 Å². The molecule has 0 fully saturated rings. The molecule has 1 N–H and O–H groups in total. The van der Waals surface area contributed by atoms with Gasteiger partial charge in [0, 0.05) is 11.1 Å². The fourth-order valence-electron chi connectivity index (χ4n) is 2.59. The van der Waals surface area contributed by atoms with Gasteiger partial charge in [-0.05, 0) is 67.8 Å². The number of hydrogen-bond donors (Lipinski definition) is 1. The van der Waals surface area contributed by atoms with Crippen LogP contribution in [0, 0.1) is 11.8 Å². The molecule has 0 atom stereocenters. The summed E-state index contributed by atoms with van der Waals surface area (Å²) in [6.45, 7) is 11.2. The van der Waals surface area contributed by atoms with Gasteiger partial charge in [0.1, 0.15) is 11.2 Å². The molecule has 8 heteroatoms. The summed E-state index contributed by atoms with van der Waals surface area (Å²) < 4.78 is 12.1. The minimum atomic E-state index is -0.735. The molecular formula is C24H32N4O4. The Balaban J connectivity index is 2.46. The third-order valence-electron chi connectivity index (χ3n) is 3.74. The number of benzene rings is 1. The molecule has 0 bridgehead atoms. The maximum atomic E-state index is 13.0. The van der Waals surface area contributed by atoms with E-state index in [0.717, 1.165) is 5.56 Å². The van der Waals surface area contributed by atoms with Crippen LogP contribution in [0.4, 0.5) is 15.5 Å². The van der Waals surface area contributed by atoms with Gasteiger partial charge in [-0.3, -0.25) is 10.2 Å². The van der Waals surface area contributed by atoms with E-state index in [1.165, 1.54) is 10.8 Å². The van der Waals surface area contributed by atoms with Crippen molar-refractivity contribution in [2.24, 2.45) is 0 Å². The number of hydrogen-bond acceptors (Lipinski definition) is 6. The van der Waals surface area contributed by atoms with Crippen LogP contribution in [0.25, 0.3) is 11.3 Å². The lowest BCUT2D eigenvalue weighted by Gasteiger charge is -2.22. The highest BCUT2D eigenvalue weighted by molar-refractivity contribution is 5.89. The third kappa shape index (κ3) is 7.75. The normalized spacial score (nSPS) is 11.5.